The highest BCUT2D eigenvalue weighted by atomic mass is 35.5. The third-order valence-corrected chi connectivity index (χ3v) is 4.82. The minimum Gasteiger partial charge on any atom is -0.400 e. The van der Waals surface area contributed by atoms with Crippen molar-refractivity contribution < 1.29 is 26.7 Å². The molecule has 2 heterocycles. The second-order valence-corrected chi connectivity index (χ2v) is 6.87. The predicted molar refractivity (Wildman–Crippen MR) is 99.7 cm³/mol. The zero-order valence-electron chi connectivity index (χ0n) is 15.6. The van der Waals surface area contributed by atoms with Crippen LogP contribution in [0.25, 0.3) is 11.5 Å². The van der Waals surface area contributed by atoms with E-state index in [4.69, 9.17) is 4.42 Å². The summed E-state index contributed by atoms with van der Waals surface area (Å²) in [6, 6.07) is 1.72. The minimum absolute atomic E-state index is 0. The first-order valence-electron chi connectivity index (χ1n) is 8.76. The minimum atomic E-state index is -5.07. The molecule has 0 unspecified atom stereocenters. The Bertz CT molecular complexity index is 886. The summed E-state index contributed by atoms with van der Waals surface area (Å²) in [4.78, 5) is 11.1. The van der Waals surface area contributed by atoms with Crippen molar-refractivity contribution in [2.75, 3.05) is 18.4 Å². The van der Waals surface area contributed by atoms with Gasteiger partial charge in [0.25, 0.3) is 0 Å². The molecule has 0 amide bonds. The highest BCUT2D eigenvalue weighted by molar-refractivity contribution is 5.85. The Balaban J connectivity index is 0.00000300. The van der Waals surface area contributed by atoms with Crippen LogP contribution >= 0.6 is 12.4 Å². The molecule has 0 spiro atoms. The van der Waals surface area contributed by atoms with Crippen molar-refractivity contribution in [3.63, 3.8) is 0 Å². The van der Waals surface area contributed by atoms with Gasteiger partial charge in [-0.3, -0.25) is 0 Å². The maximum atomic E-state index is 14.5. The fourth-order valence-electron chi connectivity index (χ4n) is 3.53. The van der Waals surface area contributed by atoms with Gasteiger partial charge in [-0.05, 0) is 50.4 Å². The first-order chi connectivity index (χ1) is 13.1. The number of nitrogens with one attached hydrogen (secondary N) is 3. The lowest BCUT2D eigenvalue weighted by atomic mass is 9.82. The number of halogens is 5. The number of hydrogen-bond donors (Lipinski definition) is 3. The molecule has 1 aromatic heterocycles. The number of alkyl halides is 3. The average Bonchev–Trinajstić information content (AvgIpc) is 3.03. The number of benzene rings is 1. The molecule has 3 rings (SSSR count). The Labute approximate surface area is 169 Å². The largest absolute Gasteiger partial charge is 0.573 e. The molecule has 2 aromatic rings. The van der Waals surface area contributed by atoms with Gasteiger partial charge in [0, 0.05) is 11.6 Å². The first kappa shape index (κ1) is 23.0. The molecule has 1 fully saturated rings. The van der Waals surface area contributed by atoms with E-state index < -0.39 is 23.7 Å². The summed E-state index contributed by atoms with van der Waals surface area (Å²) in [5.41, 5.74) is -0.199. The smallest absolute Gasteiger partial charge is 0.400 e. The second-order valence-electron chi connectivity index (χ2n) is 6.87. The average molecular weight is 441 g/mol. The van der Waals surface area contributed by atoms with E-state index in [0.717, 1.165) is 25.6 Å². The van der Waals surface area contributed by atoms with Crippen LogP contribution in [-0.2, 0) is 0 Å². The fraction of sp³-hybridized carbons (Fsp3) is 0.529. The summed E-state index contributed by atoms with van der Waals surface area (Å²) in [7, 11) is 0. The lowest BCUT2D eigenvalue weighted by Gasteiger charge is -2.35. The summed E-state index contributed by atoms with van der Waals surface area (Å²) in [6.07, 6.45) is -4.25. The van der Waals surface area contributed by atoms with E-state index in [1.165, 1.54) is 6.07 Å². The maximum absolute atomic E-state index is 14.5. The summed E-state index contributed by atoms with van der Waals surface area (Å²) in [5.74, 6) is -2.89. The molecule has 3 atom stereocenters. The second kappa shape index (κ2) is 9.04. The number of nitrogens with zero attached hydrogens (tertiary/aromatic N) is 1. The number of aromatic amines is 1. The van der Waals surface area contributed by atoms with Crippen LogP contribution in [0.5, 0.6) is 5.75 Å². The van der Waals surface area contributed by atoms with Gasteiger partial charge in [-0.2, -0.15) is 0 Å². The van der Waals surface area contributed by atoms with Crippen molar-refractivity contribution in [2.45, 2.75) is 32.7 Å². The number of aromatic nitrogens is 2. The summed E-state index contributed by atoms with van der Waals surface area (Å²) < 4.78 is 61.5. The van der Waals surface area contributed by atoms with Gasteiger partial charge in [0.1, 0.15) is 0 Å². The van der Waals surface area contributed by atoms with Crippen molar-refractivity contribution >= 4 is 18.1 Å². The molecular weight excluding hydrogens is 420 g/mol. The fourth-order valence-corrected chi connectivity index (χ4v) is 3.53. The Morgan fingerprint density at radius 1 is 1.38 bits per heavy atom. The SMILES string of the molecule is C[C@@H]1CNCC[C@@H]1[C@H](C)Nc1cc(-c2n[nH]c(=O)o2)cc(F)c1OC(F)(F)F.Cl. The summed E-state index contributed by atoms with van der Waals surface area (Å²) in [5, 5.41) is 11.8. The van der Waals surface area contributed by atoms with Crippen molar-refractivity contribution in [3.8, 4) is 17.2 Å². The van der Waals surface area contributed by atoms with Gasteiger partial charge in [0.15, 0.2) is 11.6 Å². The predicted octanol–water partition coefficient (Wildman–Crippen LogP) is 3.54. The molecule has 0 saturated carbocycles. The van der Waals surface area contributed by atoms with Crippen LogP contribution in [0, 0.1) is 17.7 Å². The van der Waals surface area contributed by atoms with Crippen molar-refractivity contribution in [1.29, 1.82) is 0 Å². The number of hydrogen-bond acceptors (Lipinski definition) is 6. The summed E-state index contributed by atoms with van der Waals surface area (Å²) in [6.45, 7) is 5.44. The Kier molecular flexibility index (Phi) is 7.17. The van der Waals surface area contributed by atoms with E-state index in [1.54, 1.807) is 0 Å². The first-order valence-corrected chi connectivity index (χ1v) is 8.76. The van der Waals surface area contributed by atoms with Crippen LogP contribution in [0.3, 0.4) is 0 Å². The standard InChI is InChI=1S/C17H20F4N4O3.ClH/c1-8-7-22-4-3-11(8)9(2)23-13-6-10(15-24-25-16(26)27-15)5-12(18)14(13)28-17(19,20)21;/h5-6,8-9,11,22-23H,3-4,7H2,1-2H3,(H,25,26);1H/t8-,9+,11+;/m1./s1. The highest BCUT2D eigenvalue weighted by Crippen LogP contribution is 2.38. The molecule has 162 valence electrons. The van der Waals surface area contributed by atoms with E-state index in [9.17, 15) is 22.4 Å². The van der Waals surface area contributed by atoms with Gasteiger partial charge in [-0.15, -0.1) is 30.7 Å². The number of rotatable bonds is 5. The quantitative estimate of drug-likeness (QED) is 0.616. The molecule has 1 aliphatic rings. The van der Waals surface area contributed by atoms with Crippen LogP contribution in [0.4, 0.5) is 23.2 Å². The number of ether oxygens (including phenoxy) is 1. The van der Waals surface area contributed by atoms with E-state index >= 15 is 0 Å². The van der Waals surface area contributed by atoms with Crippen LogP contribution in [0.2, 0.25) is 0 Å². The topological polar surface area (TPSA) is 92.2 Å². The molecule has 1 aromatic carbocycles. The molecule has 7 nitrogen and oxygen atoms in total. The molecule has 0 bridgehead atoms. The monoisotopic (exact) mass is 440 g/mol. The van der Waals surface area contributed by atoms with Crippen LogP contribution in [0.1, 0.15) is 20.3 Å². The van der Waals surface area contributed by atoms with Crippen LogP contribution in [0.15, 0.2) is 21.3 Å². The number of anilines is 1. The third-order valence-electron chi connectivity index (χ3n) is 4.82. The molecule has 0 radical (unpaired) electrons. The molecule has 1 aliphatic heterocycles. The molecular formula is C17H21ClF4N4O3. The van der Waals surface area contributed by atoms with Crippen molar-refractivity contribution in [1.82, 2.24) is 15.5 Å². The van der Waals surface area contributed by atoms with Gasteiger partial charge in [-0.25, -0.2) is 14.3 Å². The Morgan fingerprint density at radius 3 is 2.69 bits per heavy atom. The van der Waals surface area contributed by atoms with Gasteiger partial charge >= 0.3 is 12.1 Å². The number of piperidine rings is 1. The highest BCUT2D eigenvalue weighted by Gasteiger charge is 2.35. The van der Waals surface area contributed by atoms with Crippen molar-refractivity contribution in [3.05, 3.63) is 28.5 Å². The van der Waals surface area contributed by atoms with Gasteiger partial charge < -0.3 is 19.8 Å². The molecule has 3 N–H and O–H groups in total. The Morgan fingerprint density at radius 2 is 2.10 bits per heavy atom. The van der Waals surface area contributed by atoms with E-state index in [1.807, 2.05) is 18.9 Å². The van der Waals surface area contributed by atoms with Gasteiger partial charge in [-0.1, -0.05) is 6.92 Å². The molecule has 0 aliphatic carbocycles. The Hall–Kier alpha value is -2.27. The number of H-pyrrole nitrogens is 1. The van der Waals surface area contributed by atoms with Gasteiger partial charge in [0.2, 0.25) is 5.89 Å². The maximum Gasteiger partial charge on any atom is 0.573 e. The lowest BCUT2D eigenvalue weighted by Crippen LogP contribution is -2.42. The molecule has 1 saturated heterocycles. The van der Waals surface area contributed by atoms with Crippen molar-refractivity contribution in [2.24, 2.45) is 11.8 Å². The van der Waals surface area contributed by atoms with Gasteiger partial charge in [0.05, 0.1) is 5.69 Å². The van der Waals surface area contributed by atoms with E-state index in [2.05, 4.69) is 20.5 Å². The van der Waals surface area contributed by atoms with Crippen LogP contribution in [-0.4, -0.2) is 35.7 Å². The normalized spacial score (nSPS) is 20.6. The molecule has 12 heteroatoms. The molecule has 29 heavy (non-hydrogen) atoms. The zero-order chi connectivity index (χ0) is 20.5. The van der Waals surface area contributed by atoms with E-state index in [0.29, 0.717) is 0 Å². The third kappa shape index (κ3) is 5.63. The van der Waals surface area contributed by atoms with E-state index in [-0.39, 0.29) is 47.4 Å². The van der Waals surface area contributed by atoms with Crippen LogP contribution < -0.4 is 21.1 Å². The lowest BCUT2D eigenvalue weighted by molar-refractivity contribution is -0.275. The zero-order valence-corrected chi connectivity index (χ0v) is 16.4. The summed E-state index contributed by atoms with van der Waals surface area (Å²) >= 11 is 0.